The van der Waals surface area contributed by atoms with Crippen LogP contribution in [0.3, 0.4) is 0 Å². The summed E-state index contributed by atoms with van der Waals surface area (Å²) in [6, 6.07) is 0.698. The van der Waals surface area contributed by atoms with Crippen molar-refractivity contribution in [2.24, 2.45) is 5.92 Å². The van der Waals surface area contributed by atoms with Crippen LogP contribution in [-0.2, 0) is 4.74 Å². The molecule has 0 bridgehead atoms. The molecule has 0 amide bonds. The average Bonchev–Trinajstić information content (AvgIpc) is 2.84. The molecule has 0 radical (unpaired) electrons. The maximum atomic E-state index is 5.72. The number of hydrogen-bond acceptors (Lipinski definition) is 3. The Morgan fingerprint density at radius 2 is 2.18 bits per heavy atom. The van der Waals surface area contributed by atoms with Crippen molar-refractivity contribution in [2.45, 2.75) is 51.7 Å². The number of hydrogen-bond donors (Lipinski definition) is 1. The van der Waals surface area contributed by atoms with Crippen LogP contribution >= 0.6 is 0 Å². The molecule has 0 aliphatic carbocycles. The first-order chi connectivity index (χ1) is 8.31. The highest BCUT2D eigenvalue weighted by Crippen LogP contribution is 2.18. The van der Waals surface area contributed by atoms with Gasteiger partial charge in [0.05, 0.1) is 6.10 Å². The van der Waals surface area contributed by atoms with E-state index in [2.05, 4.69) is 24.1 Å². The Morgan fingerprint density at radius 3 is 2.88 bits per heavy atom. The van der Waals surface area contributed by atoms with Gasteiger partial charge in [0.2, 0.25) is 0 Å². The van der Waals surface area contributed by atoms with E-state index in [0.29, 0.717) is 12.1 Å². The number of likely N-dealkylation sites (tertiary alicyclic amines) is 1. The fourth-order valence-electron chi connectivity index (χ4n) is 3.05. The van der Waals surface area contributed by atoms with Gasteiger partial charge >= 0.3 is 0 Å². The third-order valence-electron chi connectivity index (χ3n) is 4.34. The fourth-order valence-corrected chi connectivity index (χ4v) is 3.05. The van der Waals surface area contributed by atoms with Gasteiger partial charge in [-0.3, -0.25) is 0 Å². The van der Waals surface area contributed by atoms with Crippen molar-refractivity contribution in [3.63, 3.8) is 0 Å². The molecule has 3 atom stereocenters. The lowest BCUT2D eigenvalue weighted by molar-refractivity contribution is -0.000531. The molecule has 0 aromatic heterocycles. The Kier molecular flexibility index (Phi) is 5.26. The van der Waals surface area contributed by atoms with Crippen LogP contribution < -0.4 is 5.32 Å². The van der Waals surface area contributed by atoms with E-state index in [9.17, 15) is 0 Å². The zero-order valence-electron chi connectivity index (χ0n) is 11.5. The van der Waals surface area contributed by atoms with Crippen LogP contribution in [0, 0.1) is 5.92 Å². The molecule has 0 saturated carbocycles. The van der Waals surface area contributed by atoms with Crippen LogP contribution in [0.5, 0.6) is 0 Å². The summed E-state index contributed by atoms with van der Waals surface area (Å²) in [5, 5.41) is 3.77. The second kappa shape index (κ2) is 6.72. The molecule has 17 heavy (non-hydrogen) atoms. The van der Waals surface area contributed by atoms with Crippen LogP contribution in [0.1, 0.15) is 39.5 Å². The van der Waals surface area contributed by atoms with Gasteiger partial charge in [0, 0.05) is 19.2 Å². The van der Waals surface area contributed by atoms with Gasteiger partial charge < -0.3 is 15.0 Å². The van der Waals surface area contributed by atoms with Gasteiger partial charge in [0.1, 0.15) is 0 Å². The van der Waals surface area contributed by atoms with Crippen molar-refractivity contribution in [1.29, 1.82) is 0 Å². The lowest BCUT2D eigenvalue weighted by atomic mass is 10.0. The SMILES string of the molecule is CCC1CC(NCC2CCN(CC)C2)CCO1. The summed E-state index contributed by atoms with van der Waals surface area (Å²) in [6.45, 7) is 10.5. The summed E-state index contributed by atoms with van der Waals surface area (Å²) in [7, 11) is 0. The van der Waals surface area contributed by atoms with Crippen molar-refractivity contribution in [3.05, 3.63) is 0 Å². The zero-order chi connectivity index (χ0) is 12.1. The molecule has 1 N–H and O–H groups in total. The molecular formula is C14H28N2O. The molecule has 0 aromatic carbocycles. The lowest BCUT2D eigenvalue weighted by Crippen LogP contribution is -2.41. The Morgan fingerprint density at radius 1 is 1.29 bits per heavy atom. The van der Waals surface area contributed by atoms with Crippen molar-refractivity contribution in [3.8, 4) is 0 Å². The summed E-state index contributed by atoms with van der Waals surface area (Å²) in [5.74, 6) is 0.873. The third-order valence-corrected chi connectivity index (χ3v) is 4.34. The minimum atomic E-state index is 0.497. The molecular weight excluding hydrogens is 212 g/mol. The van der Waals surface area contributed by atoms with Crippen LogP contribution in [0.2, 0.25) is 0 Å². The van der Waals surface area contributed by atoms with Gasteiger partial charge in [-0.25, -0.2) is 0 Å². The molecule has 2 rings (SSSR count). The van der Waals surface area contributed by atoms with Crippen molar-refractivity contribution in [2.75, 3.05) is 32.8 Å². The average molecular weight is 240 g/mol. The molecule has 3 heteroatoms. The van der Waals surface area contributed by atoms with Gasteiger partial charge in [-0.1, -0.05) is 13.8 Å². The predicted octanol–water partition coefficient (Wildman–Crippen LogP) is 1.88. The van der Waals surface area contributed by atoms with Gasteiger partial charge in [0.25, 0.3) is 0 Å². The number of rotatable bonds is 5. The quantitative estimate of drug-likeness (QED) is 0.794. The molecule has 0 spiro atoms. The molecule has 100 valence electrons. The molecule has 2 aliphatic heterocycles. The van der Waals surface area contributed by atoms with E-state index in [1.807, 2.05) is 0 Å². The summed E-state index contributed by atoms with van der Waals surface area (Å²) in [5.41, 5.74) is 0. The lowest BCUT2D eigenvalue weighted by Gasteiger charge is -2.30. The third kappa shape index (κ3) is 3.94. The monoisotopic (exact) mass is 240 g/mol. The van der Waals surface area contributed by atoms with Gasteiger partial charge in [-0.05, 0) is 51.2 Å². The Hall–Kier alpha value is -0.120. The van der Waals surface area contributed by atoms with E-state index in [4.69, 9.17) is 4.74 Å². The van der Waals surface area contributed by atoms with Gasteiger partial charge in [-0.2, -0.15) is 0 Å². The summed E-state index contributed by atoms with van der Waals surface area (Å²) >= 11 is 0. The number of ether oxygens (including phenoxy) is 1. The molecule has 2 heterocycles. The van der Waals surface area contributed by atoms with Gasteiger partial charge in [0.15, 0.2) is 0 Å². The molecule has 2 aliphatic rings. The maximum Gasteiger partial charge on any atom is 0.0587 e. The summed E-state index contributed by atoms with van der Waals surface area (Å²) < 4.78 is 5.72. The van der Waals surface area contributed by atoms with Gasteiger partial charge in [-0.15, -0.1) is 0 Å². The Balaban J connectivity index is 1.64. The van der Waals surface area contributed by atoms with E-state index >= 15 is 0 Å². The van der Waals surface area contributed by atoms with Crippen molar-refractivity contribution < 1.29 is 4.74 Å². The van der Waals surface area contributed by atoms with E-state index in [1.54, 1.807) is 0 Å². The first-order valence-corrected chi connectivity index (χ1v) is 7.39. The van der Waals surface area contributed by atoms with E-state index in [0.717, 1.165) is 18.9 Å². The smallest absolute Gasteiger partial charge is 0.0587 e. The second-order valence-corrected chi connectivity index (χ2v) is 5.58. The van der Waals surface area contributed by atoms with E-state index < -0.39 is 0 Å². The minimum Gasteiger partial charge on any atom is -0.378 e. The topological polar surface area (TPSA) is 24.5 Å². The largest absolute Gasteiger partial charge is 0.378 e. The van der Waals surface area contributed by atoms with Crippen LogP contribution in [0.15, 0.2) is 0 Å². The second-order valence-electron chi connectivity index (χ2n) is 5.58. The normalized spacial score (nSPS) is 35.3. The molecule has 2 fully saturated rings. The predicted molar refractivity (Wildman–Crippen MR) is 71.3 cm³/mol. The standard InChI is InChI=1S/C14H28N2O/c1-3-14-9-13(6-8-17-14)15-10-12-5-7-16(4-2)11-12/h12-15H,3-11H2,1-2H3. The van der Waals surface area contributed by atoms with Crippen molar-refractivity contribution in [1.82, 2.24) is 10.2 Å². The Bertz CT molecular complexity index is 222. The Labute approximate surface area is 106 Å². The zero-order valence-corrected chi connectivity index (χ0v) is 11.5. The van der Waals surface area contributed by atoms with E-state index in [1.165, 1.54) is 45.4 Å². The number of nitrogens with one attached hydrogen (secondary N) is 1. The maximum absolute atomic E-state index is 5.72. The van der Waals surface area contributed by atoms with Crippen molar-refractivity contribution >= 4 is 0 Å². The summed E-state index contributed by atoms with van der Waals surface area (Å²) in [4.78, 5) is 2.56. The highest BCUT2D eigenvalue weighted by atomic mass is 16.5. The first kappa shape index (κ1) is 13.3. The first-order valence-electron chi connectivity index (χ1n) is 7.39. The summed E-state index contributed by atoms with van der Waals surface area (Å²) in [6.07, 6.45) is 5.44. The minimum absolute atomic E-state index is 0.497. The molecule has 3 nitrogen and oxygen atoms in total. The van der Waals surface area contributed by atoms with Crippen LogP contribution in [0.4, 0.5) is 0 Å². The highest BCUT2D eigenvalue weighted by molar-refractivity contribution is 4.81. The molecule has 0 aromatic rings. The molecule has 3 unspecified atom stereocenters. The van der Waals surface area contributed by atoms with E-state index in [-0.39, 0.29) is 0 Å². The van der Waals surface area contributed by atoms with Crippen LogP contribution in [0.25, 0.3) is 0 Å². The fraction of sp³-hybridized carbons (Fsp3) is 1.00. The molecule has 2 saturated heterocycles. The van der Waals surface area contributed by atoms with Crippen LogP contribution in [-0.4, -0.2) is 49.8 Å². The highest BCUT2D eigenvalue weighted by Gasteiger charge is 2.24. The number of nitrogens with zero attached hydrogens (tertiary/aromatic N) is 1.